The number of hydrogen-bond acceptors (Lipinski definition) is 3. The highest BCUT2D eigenvalue weighted by Crippen LogP contribution is 2.26. The molecule has 8 heteroatoms. The van der Waals surface area contributed by atoms with Crippen LogP contribution in [0.3, 0.4) is 0 Å². The van der Waals surface area contributed by atoms with Crippen molar-refractivity contribution in [3.05, 3.63) is 52.8 Å². The summed E-state index contributed by atoms with van der Waals surface area (Å²) in [6, 6.07) is 6.85. The zero-order valence-electron chi connectivity index (χ0n) is 15.7. The molecule has 144 valence electrons. The number of rotatable bonds is 5. The number of amides is 1. The van der Waals surface area contributed by atoms with Crippen LogP contribution in [0.4, 0.5) is 0 Å². The largest absolute Gasteiger partial charge is 0.354 e. The summed E-state index contributed by atoms with van der Waals surface area (Å²) in [5, 5.41) is 11.1. The fraction of sp³-hybridized carbons (Fsp3) is 0.421. The second-order valence-electron chi connectivity index (χ2n) is 6.62. The molecule has 0 bridgehead atoms. The van der Waals surface area contributed by atoms with Crippen molar-refractivity contribution in [2.24, 2.45) is 12.0 Å². The van der Waals surface area contributed by atoms with E-state index in [1.54, 1.807) is 31.3 Å². The second-order valence-corrected chi connectivity index (χ2v) is 7.05. The number of carbonyl (C=O) groups is 1. The summed E-state index contributed by atoms with van der Waals surface area (Å²) in [6.07, 6.45) is 5.10. The van der Waals surface area contributed by atoms with E-state index in [2.05, 4.69) is 31.8 Å². The predicted molar refractivity (Wildman–Crippen MR) is 107 cm³/mol. The molecule has 3 rings (SSSR count). The first-order chi connectivity index (χ1) is 13.1. The number of carbonyl (C=O) groups excluding carboxylic acids is 1. The topological polar surface area (TPSA) is 74.6 Å². The number of aliphatic imine (C=N–C) groups is 1. The molecule has 1 aliphatic rings. The Bertz CT molecular complexity index is 801. The zero-order valence-corrected chi connectivity index (χ0v) is 16.4. The van der Waals surface area contributed by atoms with Crippen LogP contribution in [0.1, 0.15) is 28.3 Å². The smallest absolute Gasteiger partial charge is 0.251 e. The Kier molecular flexibility index (Phi) is 6.34. The molecule has 1 aliphatic heterocycles. The summed E-state index contributed by atoms with van der Waals surface area (Å²) in [5.74, 6) is 1.23. The molecule has 0 aliphatic carbocycles. The molecule has 1 atom stereocenters. The van der Waals surface area contributed by atoms with Gasteiger partial charge in [-0.15, -0.1) is 0 Å². The first-order valence-corrected chi connectivity index (χ1v) is 9.42. The van der Waals surface area contributed by atoms with Crippen molar-refractivity contribution >= 4 is 23.5 Å². The molecule has 1 aromatic heterocycles. The van der Waals surface area contributed by atoms with E-state index in [1.807, 2.05) is 17.9 Å². The number of hydrogen-bond donors (Lipinski definition) is 2. The quantitative estimate of drug-likeness (QED) is 0.466. The van der Waals surface area contributed by atoms with Crippen LogP contribution >= 0.6 is 11.6 Å². The minimum atomic E-state index is -0.110. The normalized spacial score (nSPS) is 17.2. The van der Waals surface area contributed by atoms with Crippen molar-refractivity contribution in [3.8, 4) is 0 Å². The maximum absolute atomic E-state index is 12.1. The number of aromatic nitrogens is 2. The third kappa shape index (κ3) is 5.01. The minimum absolute atomic E-state index is 0.110. The predicted octanol–water partition coefficient (Wildman–Crippen LogP) is 1.87. The van der Waals surface area contributed by atoms with Gasteiger partial charge in [0.15, 0.2) is 5.96 Å². The van der Waals surface area contributed by atoms with Gasteiger partial charge in [-0.2, -0.15) is 5.10 Å². The summed E-state index contributed by atoms with van der Waals surface area (Å²) in [7, 11) is 3.72. The van der Waals surface area contributed by atoms with Gasteiger partial charge < -0.3 is 15.5 Å². The van der Waals surface area contributed by atoms with Crippen LogP contribution < -0.4 is 10.6 Å². The van der Waals surface area contributed by atoms with E-state index < -0.39 is 0 Å². The minimum Gasteiger partial charge on any atom is -0.354 e. The third-order valence-corrected chi connectivity index (χ3v) is 4.95. The van der Waals surface area contributed by atoms with Gasteiger partial charge in [0.2, 0.25) is 0 Å². The SMILES string of the molecule is CN=C(NCCNC(=O)c1ccc(Cl)cc1)N1CCC(c2cnn(C)c2)C1. The van der Waals surface area contributed by atoms with Gasteiger partial charge in [-0.05, 0) is 36.2 Å². The molecule has 7 nitrogen and oxygen atoms in total. The summed E-state index contributed by atoms with van der Waals surface area (Å²) < 4.78 is 1.84. The van der Waals surface area contributed by atoms with Gasteiger partial charge >= 0.3 is 0 Å². The number of likely N-dealkylation sites (tertiary alicyclic amines) is 1. The Morgan fingerprint density at radius 3 is 2.70 bits per heavy atom. The molecule has 2 N–H and O–H groups in total. The molecular formula is C19H25ClN6O. The molecule has 1 unspecified atom stereocenters. The molecule has 1 amide bonds. The number of guanidine groups is 1. The maximum Gasteiger partial charge on any atom is 0.251 e. The average Bonchev–Trinajstić information content (AvgIpc) is 3.31. The Morgan fingerprint density at radius 1 is 1.30 bits per heavy atom. The highest BCUT2D eigenvalue weighted by atomic mass is 35.5. The molecule has 0 saturated carbocycles. The van der Waals surface area contributed by atoms with Crippen LogP contribution in [0.15, 0.2) is 41.7 Å². The van der Waals surface area contributed by atoms with E-state index in [-0.39, 0.29) is 5.91 Å². The molecule has 0 radical (unpaired) electrons. The van der Waals surface area contributed by atoms with Crippen LogP contribution in [-0.4, -0.2) is 59.8 Å². The van der Waals surface area contributed by atoms with Crippen molar-refractivity contribution < 1.29 is 4.79 Å². The number of halogens is 1. The maximum atomic E-state index is 12.1. The van der Waals surface area contributed by atoms with Gasteiger partial charge in [-0.25, -0.2) is 0 Å². The molecule has 27 heavy (non-hydrogen) atoms. The number of nitrogens with zero attached hydrogens (tertiary/aromatic N) is 4. The van der Waals surface area contributed by atoms with E-state index >= 15 is 0 Å². The number of benzene rings is 1. The lowest BCUT2D eigenvalue weighted by Crippen LogP contribution is -2.43. The Balaban J connectivity index is 1.43. The summed E-state index contributed by atoms with van der Waals surface area (Å²) in [6.45, 7) is 3.00. The number of aryl methyl sites for hydroxylation is 1. The fourth-order valence-electron chi connectivity index (χ4n) is 3.26. The van der Waals surface area contributed by atoms with Crippen LogP contribution in [0.2, 0.25) is 5.02 Å². The second kappa shape index (κ2) is 8.90. The van der Waals surface area contributed by atoms with E-state index in [0.29, 0.717) is 29.6 Å². The monoisotopic (exact) mass is 388 g/mol. The molecule has 0 spiro atoms. The summed E-state index contributed by atoms with van der Waals surface area (Å²) >= 11 is 5.84. The van der Waals surface area contributed by atoms with Crippen molar-refractivity contribution in [1.29, 1.82) is 0 Å². The van der Waals surface area contributed by atoms with Crippen LogP contribution in [0.5, 0.6) is 0 Å². The van der Waals surface area contributed by atoms with E-state index in [0.717, 1.165) is 25.5 Å². The molecular weight excluding hydrogens is 364 g/mol. The molecule has 1 aromatic carbocycles. The fourth-order valence-corrected chi connectivity index (χ4v) is 3.39. The molecule has 1 saturated heterocycles. The van der Waals surface area contributed by atoms with Crippen LogP contribution in [0.25, 0.3) is 0 Å². The van der Waals surface area contributed by atoms with E-state index in [9.17, 15) is 4.79 Å². The molecule has 1 fully saturated rings. The van der Waals surface area contributed by atoms with Crippen molar-refractivity contribution in [3.63, 3.8) is 0 Å². The van der Waals surface area contributed by atoms with Crippen molar-refractivity contribution in [2.75, 3.05) is 33.2 Å². The first kappa shape index (κ1) is 19.2. The summed E-state index contributed by atoms with van der Waals surface area (Å²) in [5.41, 5.74) is 1.87. The Morgan fingerprint density at radius 2 is 2.04 bits per heavy atom. The van der Waals surface area contributed by atoms with Crippen LogP contribution in [-0.2, 0) is 7.05 Å². The Labute approximate surface area is 164 Å². The lowest BCUT2D eigenvalue weighted by atomic mass is 10.0. The highest BCUT2D eigenvalue weighted by Gasteiger charge is 2.26. The third-order valence-electron chi connectivity index (χ3n) is 4.70. The van der Waals surface area contributed by atoms with Crippen LogP contribution in [0, 0.1) is 0 Å². The van der Waals surface area contributed by atoms with Gasteiger partial charge in [0.1, 0.15) is 0 Å². The standard InChI is InChI=1S/C19H25ClN6O/c1-21-19(26-10-7-15(13-26)16-11-24-25(2)12-16)23-9-8-22-18(27)14-3-5-17(20)6-4-14/h3-6,11-12,15H,7-10,13H2,1-2H3,(H,21,23)(H,22,27). The van der Waals surface area contributed by atoms with Gasteiger partial charge in [0, 0.05) is 63.0 Å². The van der Waals surface area contributed by atoms with E-state index in [4.69, 9.17) is 11.6 Å². The molecule has 2 heterocycles. The lowest BCUT2D eigenvalue weighted by Gasteiger charge is -2.21. The average molecular weight is 389 g/mol. The summed E-state index contributed by atoms with van der Waals surface area (Å²) in [4.78, 5) is 18.7. The lowest BCUT2D eigenvalue weighted by molar-refractivity contribution is 0.0954. The zero-order chi connectivity index (χ0) is 19.2. The number of nitrogens with one attached hydrogen (secondary N) is 2. The van der Waals surface area contributed by atoms with Gasteiger partial charge in [0.25, 0.3) is 5.91 Å². The molecule has 2 aromatic rings. The van der Waals surface area contributed by atoms with Crippen molar-refractivity contribution in [2.45, 2.75) is 12.3 Å². The van der Waals surface area contributed by atoms with E-state index in [1.165, 1.54) is 5.56 Å². The highest BCUT2D eigenvalue weighted by molar-refractivity contribution is 6.30. The first-order valence-electron chi connectivity index (χ1n) is 9.04. The Hall–Kier alpha value is -2.54. The van der Waals surface area contributed by atoms with Gasteiger partial charge in [0.05, 0.1) is 6.20 Å². The van der Waals surface area contributed by atoms with Gasteiger partial charge in [-0.1, -0.05) is 11.6 Å². The van der Waals surface area contributed by atoms with Crippen molar-refractivity contribution in [1.82, 2.24) is 25.3 Å². The van der Waals surface area contributed by atoms with Gasteiger partial charge in [-0.3, -0.25) is 14.5 Å².